The van der Waals surface area contributed by atoms with Gasteiger partial charge in [-0.3, -0.25) is 9.78 Å². The quantitative estimate of drug-likeness (QED) is 0.806. The summed E-state index contributed by atoms with van der Waals surface area (Å²) in [6.07, 6.45) is 7.17. The summed E-state index contributed by atoms with van der Waals surface area (Å²) in [5, 5.41) is 2.01. The van der Waals surface area contributed by atoms with Gasteiger partial charge in [0.15, 0.2) is 0 Å². The topological polar surface area (TPSA) is 42.4 Å². The molecule has 2 aromatic rings. The molecule has 2 aromatic heterocycles. The van der Waals surface area contributed by atoms with Gasteiger partial charge in [-0.05, 0) is 36.6 Å². The number of likely N-dealkylation sites (tertiary alicyclic amines) is 1. The van der Waals surface area contributed by atoms with Crippen molar-refractivity contribution in [2.45, 2.75) is 25.9 Å². The molecule has 4 nitrogen and oxygen atoms in total. The number of thiophene rings is 1. The molecule has 1 amide bonds. The van der Waals surface area contributed by atoms with Crippen molar-refractivity contribution in [2.24, 2.45) is 0 Å². The SMILES string of the molecule is Cc1ccc(OC2CCN(C(=O)/C=C/c3cccs3)CC2)cn1. The average molecular weight is 328 g/mol. The highest BCUT2D eigenvalue weighted by Gasteiger charge is 2.22. The molecule has 0 saturated carbocycles. The Balaban J connectivity index is 1.48. The molecule has 0 unspecified atom stereocenters. The molecule has 0 radical (unpaired) electrons. The van der Waals surface area contributed by atoms with Gasteiger partial charge in [0.2, 0.25) is 5.91 Å². The number of nitrogens with zero attached hydrogens (tertiary/aromatic N) is 2. The van der Waals surface area contributed by atoms with Gasteiger partial charge in [-0.1, -0.05) is 6.07 Å². The molecule has 1 saturated heterocycles. The molecule has 5 heteroatoms. The third-order valence-corrected chi connectivity index (χ3v) is 4.71. The van der Waals surface area contributed by atoms with Crippen LogP contribution in [0.3, 0.4) is 0 Å². The molecule has 0 spiro atoms. The normalized spacial score (nSPS) is 16.0. The van der Waals surface area contributed by atoms with E-state index in [1.165, 1.54) is 0 Å². The van der Waals surface area contributed by atoms with E-state index in [9.17, 15) is 4.79 Å². The summed E-state index contributed by atoms with van der Waals surface area (Å²) in [4.78, 5) is 19.4. The number of hydrogen-bond acceptors (Lipinski definition) is 4. The second-order valence-electron chi connectivity index (χ2n) is 5.63. The van der Waals surface area contributed by atoms with Crippen LogP contribution in [0.1, 0.15) is 23.4 Å². The molecule has 3 rings (SSSR count). The lowest BCUT2D eigenvalue weighted by Crippen LogP contribution is -2.41. The molecule has 1 aliphatic rings. The van der Waals surface area contributed by atoms with Crippen LogP contribution < -0.4 is 4.74 Å². The monoisotopic (exact) mass is 328 g/mol. The Morgan fingerprint density at radius 2 is 2.17 bits per heavy atom. The van der Waals surface area contributed by atoms with E-state index in [1.807, 2.05) is 47.5 Å². The molecular formula is C18H20N2O2S. The second kappa shape index (κ2) is 7.42. The summed E-state index contributed by atoms with van der Waals surface area (Å²) >= 11 is 1.63. The molecule has 23 heavy (non-hydrogen) atoms. The molecule has 1 fully saturated rings. The predicted molar refractivity (Wildman–Crippen MR) is 92.6 cm³/mol. The number of aryl methyl sites for hydroxylation is 1. The summed E-state index contributed by atoms with van der Waals surface area (Å²) in [7, 11) is 0. The first-order chi connectivity index (χ1) is 11.2. The van der Waals surface area contributed by atoms with Crippen LogP contribution in [0.4, 0.5) is 0 Å². The van der Waals surface area contributed by atoms with Gasteiger partial charge < -0.3 is 9.64 Å². The maximum atomic E-state index is 12.2. The number of ether oxygens (including phenoxy) is 1. The van der Waals surface area contributed by atoms with Crippen molar-refractivity contribution in [2.75, 3.05) is 13.1 Å². The number of aromatic nitrogens is 1. The first-order valence-electron chi connectivity index (χ1n) is 7.80. The third-order valence-electron chi connectivity index (χ3n) is 3.87. The van der Waals surface area contributed by atoms with E-state index in [2.05, 4.69) is 4.98 Å². The first-order valence-corrected chi connectivity index (χ1v) is 8.68. The molecule has 3 heterocycles. The Morgan fingerprint density at radius 1 is 1.35 bits per heavy atom. The first kappa shape index (κ1) is 15.7. The van der Waals surface area contributed by atoms with Crippen molar-refractivity contribution in [3.05, 3.63) is 52.5 Å². The van der Waals surface area contributed by atoms with Gasteiger partial charge in [-0.2, -0.15) is 0 Å². The maximum absolute atomic E-state index is 12.2. The number of pyridine rings is 1. The van der Waals surface area contributed by atoms with E-state index in [-0.39, 0.29) is 12.0 Å². The van der Waals surface area contributed by atoms with Gasteiger partial charge >= 0.3 is 0 Å². The van der Waals surface area contributed by atoms with Crippen molar-refractivity contribution >= 4 is 23.3 Å². The molecule has 0 aromatic carbocycles. The van der Waals surface area contributed by atoms with Gasteiger partial charge in [-0.25, -0.2) is 0 Å². The molecule has 0 atom stereocenters. The van der Waals surface area contributed by atoms with E-state index in [0.717, 1.165) is 42.3 Å². The standard InChI is InChI=1S/C18H20N2O2S/c1-14-4-5-16(13-19-14)22-15-8-10-20(11-9-15)18(21)7-6-17-3-2-12-23-17/h2-7,12-13,15H,8-11H2,1H3/b7-6+. The number of amides is 1. The average Bonchev–Trinajstić information content (AvgIpc) is 3.09. The van der Waals surface area contributed by atoms with E-state index in [0.29, 0.717) is 0 Å². The van der Waals surface area contributed by atoms with Crippen LogP contribution in [0.5, 0.6) is 5.75 Å². The van der Waals surface area contributed by atoms with Gasteiger partial charge in [0.1, 0.15) is 11.9 Å². The summed E-state index contributed by atoms with van der Waals surface area (Å²) in [6.45, 7) is 3.42. The maximum Gasteiger partial charge on any atom is 0.246 e. The fraction of sp³-hybridized carbons (Fsp3) is 0.333. The Kier molecular flexibility index (Phi) is 5.08. The number of hydrogen-bond donors (Lipinski definition) is 0. The zero-order chi connectivity index (χ0) is 16.1. The van der Waals surface area contributed by atoms with Crippen molar-refractivity contribution in [1.82, 2.24) is 9.88 Å². The largest absolute Gasteiger partial charge is 0.489 e. The number of rotatable bonds is 4. The zero-order valence-electron chi connectivity index (χ0n) is 13.1. The van der Waals surface area contributed by atoms with E-state index < -0.39 is 0 Å². The predicted octanol–water partition coefficient (Wildman–Crippen LogP) is 3.53. The lowest BCUT2D eigenvalue weighted by molar-refractivity contribution is -0.127. The van der Waals surface area contributed by atoms with Crippen LogP contribution >= 0.6 is 11.3 Å². The minimum Gasteiger partial charge on any atom is -0.489 e. The van der Waals surface area contributed by atoms with Crippen molar-refractivity contribution in [1.29, 1.82) is 0 Å². The molecular weight excluding hydrogens is 308 g/mol. The van der Waals surface area contributed by atoms with Crippen LogP contribution in [0.25, 0.3) is 6.08 Å². The Bertz CT molecular complexity index is 657. The van der Waals surface area contributed by atoms with Crippen molar-refractivity contribution in [3.8, 4) is 5.75 Å². The number of piperidine rings is 1. The van der Waals surface area contributed by atoms with Crippen LogP contribution in [-0.4, -0.2) is 35.0 Å². The second-order valence-corrected chi connectivity index (χ2v) is 6.61. The summed E-state index contributed by atoms with van der Waals surface area (Å²) in [5.74, 6) is 0.881. The molecule has 0 aliphatic carbocycles. The summed E-state index contributed by atoms with van der Waals surface area (Å²) in [6, 6.07) is 7.88. The van der Waals surface area contributed by atoms with Crippen molar-refractivity contribution < 1.29 is 9.53 Å². The Hall–Kier alpha value is -2.14. The lowest BCUT2D eigenvalue weighted by atomic mass is 10.1. The molecule has 0 N–H and O–H groups in total. The highest BCUT2D eigenvalue weighted by Crippen LogP contribution is 2.19. The van der Waals surface area contributed by atoms with Gasteiger partial charge in [0, 0.05) is 42.6 Å². The Morgan fingerprint density at radius 3 is 2.83 bits per heavy atom. The van der Waals surface area contributed by atoms with Gasteiger partial charge in [0.25, 0.3) is 0 Å². The van der Waals surface area contributed by atoms with Crippen LogP contribution in [-0.2, 0) is 4.79 Å². The zero-order valence-corrected chi connectivity index (χ0v) is 14.0. The van der Waals surface area contributed by atoms with Gasteiger partial charge in [-0.15, -0.1) is 11.3 Å². The smallest absolute Gasteiger partial charge is 0.246 e. The molecule has 1 aliphatic heterocycles. The minimum atomic E-state index is 0.0776. The minimum absolute atomic E-state index is 0.0776. The highest BCUT2D eigenvalue weighted by molar-refractivity contribution is 7.10. The number of carbonyl (C=O) groups is 1. The van der Waals surface area contributed by atoms with E-state index >= 15 is 0 Å². The number of carbonyl (C=O) groups excluding carboxylic acids is 1. The third kappa shape index (κ3) is 4.42. The Labute approximate surface area is 140 Å². The molecule has 120 valence electrons. The fourth-order valence-electron chi connectivity index (χ4n) is 2.56. The van der Waals surface area contributed by atoms with E-state index in [4.69, 9.17) is 4.74 Å². The van der Waals surface area contributed by atoms with E-state index in [1.54, 1.807) is 23.6 Å². The van der Waals surface area contributed by atoms with Crippen LogP contribution in [0, 0.1) is 6.92 Å². The lowest BCUT2D eigenvalue weighted by Gasteiger charge is -2.31. The van der Waals surface area contributed by atoms with Gasteiger partial charge in [0.05, 0.1) is 6.20 Å². The van der Waals surface area contributed by atoms with Crippen LogP contribution in [0.15, 0.2) is 41.9 Å². The fourth-order valence-corrected chi connectivity index (χ4v) is 3.17. The van der Waals surface area contributed by atoms with Crippen molar-refractivity contribution in [3.63, 3.8) is 0 Å². The summed E-state index contributed by atoms with van der Waals surface area (Å²) < 4.78 is 5.94. The summed E-state index contributed by atoms with van der Waals surface area (Å²) in [5.41, 5.74) is 0.982. The molecule has 0 bridgehead atoms. The highest BCUT2D eigenvalue weighted by atomic mass is 32.1. The van der Waals surface area contributed by atoms with Crippen LogP contribution in [0.2, 0.25) is 0 Å².